The molecule has 1 aromatic rings. The summed E-state index contributed by atoms with van der Waals surface area (Å²) in [6.07, 6.45) is -0.273. The first-order valence-corrected chi connectivity index (χ1v) is 11.0. The van der Waals surface area contributed by atoms with Crippen molar-refractivity contribution in [3.63, 3.8) is 0 Å². The molecule has 2 aliphatic rings. The number of rotatable bonds is 4. The molecule has 3 rings (SSSR count). The average molecular weight is 443 g/mol. The second-order valence-corrected chi connectivity index (χ2v) is 10.5. The number of piperazine rings is 1. The van der Waals surface area contributed by atoms with Gasteiger partial charge in [-0.3, -0.25) is 4.90 Å². The topological polar surface area (TPSA) is 100 Å². The lowest BCUT2D eigenvalue weighted by atomic mass is 9.78. The highest BCUT2D eigenvalue weighted by molar-refractivity contribution is 6.62. The number of hydrogen-bond acceptors (Lipinski definition) is 6. The lowest BCUT2D eigenvalue weighted by Crippen LogP contribution is -2.49. The number of benzene rings is 1. The monoisotopic (exact) mass is 443 g/mol. The van der Waals surface area contributed by atoms with E-state index in [1.807, 2.05) is 66.7 Å². The summed E-state index contributed by atoms with van der Waals surface area (Å²) in [6, 6.07) is 5.74. The molecule has 0 radical (unpaired) electrons. The van der Waals surface area contributed by atoms with Crippen molar-refractivity contribution in [2.24, 2.45) is 5.11 Å². The predicted octanol–water partition coefficient (Wildman–Crippen LogP) is 3.98. The standard InChI is InChI=1S/C22H34BN5O4/c1-20(2,3)30-19(29)28-10-8-27(9-11-28)15-16-12-17(14-18(13-16)25-26-24)23-31-21(4,5)22(6,7)32-23/h12-14H,8-11,15H2,1-7H3. The van der Waals surface area contributed by atoms with Gasteiger partial charge in [-0.25, -0.2) is 4.79 Å². The van der Waals surface area contributed by atoms with Gasteiger partial charge < -0.3 is 18.9 Å². The summed E-state index contributed by atoms with van der Waals surface area (Å²) in [5.41, 5.74) is 9.91. The highest BCUT2D eigenvalue weighted by Crippen LogP contribution is 2.36. The number of ether oxygens (including phenoxy) is 1. The predicted molar refractivity (Wildman–Crippen MR) is 124 cm³/mol. The van der Waals surface area contributed by atoms with Gasteiger partial charge in [0.05, 0.1) is 11.2 Å². The molecule has 0 spiro atoms. The third-order valence-electron chi connectivity index (χ3n) is 6.12. The molecule has 0 aliphatic carbocycles. The zero-order valence-electron chi connectivity index (χ0n) is 20.2. The molecule has 2 aliphatic heterocycles. The van der Waals surface area contributed by atoms with Crippen molar-refractivity contribution in [1.29, 1.82) is 0 Å². The maximum atomic E-state index is 12.3. The average Bonchev–Trinajstić information content (AvgIpc) is 2.88. The molecule has 174 valence electrons. The highest BCUT2D eigenvalue weighted by atomic mass is 16.7. The van der Waals surface area contributed by atoms with Gasteiger partial charge in [-0.15, -0.1) is 0 Å². The Hall–Kier alpha value is -2.26. The molecule has 1 aromatic carbocycles. The van der Waals surface area contributed by atoms with Crippen LogP contribution < -0.4 is 5.46 Å². The van der Waals surface area contributed by atoms with E-state index in [1.54, 1.807) is 4.90 Å². The Balaban J connectivity index is 1.70. The largest absolute Gasteiger partial charge is 0.494 e. The van der Waals surface area contributed by atoms with Gasteiger partial charge in [-0.05, 0) is 71.1 Å². The molecule has 0 saturated carbocycles. The quantitative estimate of drug-likeness (QED) is 0.303. The smallest absolute Gasteiger partial charge is 0.444 e. The zero-order valence-corrected chi connectivity index (χ0v) is 20.2. The van der Waals surface area contributed by atoms with Crippen molar-refractivity contribution < 1.29 is 18.8 Å². The van der Waals surface area contributed by atoms with Crippen molar-refractivity contribution in [3.05, 3.63) is 34.2 Å². The number of azide groups is 1. The number of hydrogen-bond donors (Lipinski definition) is 0. The summed E-state index contributed by atoms with van der Waals surface area (Å²) in [5.74, 6) is 0. The first-order valence-electron chi connectivity index (χ1n) is 11.0. The van der Waals surface area contributed by atoms with Crippen molar-refractivity contribution >= 4 is 24.4 Å². The third-order valence-corrected chi connectivity index (χ3v) is 6.12. The molecular formula is C22H34BN5O4. The fraction of sp³-hybridized carbons (Fsp3) is 0.682. The van der Waals surface area contributed by atoms with Crippen LogP contribution in [0.2, 0.25) is 0 Å². The Kier molecular flexibility index (Phi) is 6.82. The van der Waals surface area contributed by atoms with Gasteiger partial charge in [0.2, 0.25) is 0 Å². The van der Waals surface area contributed by atoms with Crippen molar-refractivity contribution in [3.8, 4) is 0 Å². The van der Waals surface area contributed by atoms with Crippen molar-refractivity contribution in [2.75, 3.05) is 26.2 Å². The maximum Gasteiger partial charge on any atom is 0.494 e. The molecule has 10 heteroatoms. The van der Waals surface area contributed by atoms with E-state index in [9.17, 15) is 4.79 Å². The van der Waals surface area contributed by atoms with E-state index >= 15 is 0 Å². The van der Waals surface area contributed by atoms with Crippen molar-refractivity contribution in [2.45, 2.75) is 71.8 Å². The van der Waals surface area contributed by atoms with Gasteiger partial charge in [0.15, 0.2) is 0 Å². The molecule has 0 bridgehead atoms. The fourth-order valence-corrected chi connectivity index (χ4v) is 3.69. The number of nitrogens with zero attached hydrogens (tertiary/aromatic N) is 5. The molecule has 0 aromatic heterocycles. The Bertz CT molecular complexity index is 884. The molecule has 2 saturated heterocycles. The van der Waals surface area contributed by atoms with E-state index in [1.165, 1.54) is 0 Å². The SMILES string of the molecule is CC(C)(C)OC(=O)N1CCN(Cc2cc(N=[N+]=[N-])cc(B3OC(C)(C)C(C)(C)O3)c2)CC1. The Morgan fingerprint density at radius 1 is 1.12 bits per heavy atom. The molecule has 32 heavy (non-hydrogen) atoms. The molecular weight excluding hydrogens is 409 g/mol. The molecule has 0 unspecified atom stereocenters. The van der Waals surface area contributed by atoms with Gasteiger partial charge in [0.25, 0.3) is 0 Å². The van der Waals surface area contributed by atoms with Crippen LogP contribution in [-0.4, -0.2) is 66.0 Å². The summed E-state index contributed by atoms with van der Waals surface area (Å²) in [4.78, 5) is 19.3. The van der Waals surface area contributed by atoms with Crippen LogP contribution in [-0.2, 0) is 20.6 Å². The van der Waals surface area contributed by atoms with Gasteiger partial charge in [0, 0.05) is 43.3 Å². The van der Waals surface area contributed by atoms with Crippen LogP contribution in [0.3, 0.4) is 0 Å². The van der Waals surface area contributed by atoms with Crippen molar-refractivity contribution in [1.82, 2.24) is 9.80 Å². The summed E-state index contributed by atoms with van der Waals surface area (Å²) in [6.45, 7) is 17.0. The van der Waals surface area contributed by atoms with Crippen LogP contribution in [0.4, 0.5) is 10.5 Å². The molecule has 2 fully saturated rings. The maximum absolute atomic E-state index is 12.3. The number of carbonyl (C=O) groups excluding carboxylic acids is 1. The first-order chi connectivity index (χ1) is 14.8. The Morgan fingerprint density at radius 2 is 1.72 bits per heavy atom. The minimum Gasteiger partial charge on any atom is -0.444 e. The fourth-order valence-electron chi connectivity index (χ4n) is 3.69. The molecule has 9 nitrogen and oxygen atoms in total. The lowest BCUT2D eigenvalue weighted by Gasteiger charge is -2.35. The summed E-state index contributed by atoms with van der Waals surface area (Å²) in [5, 5.41) is 3.82. The van der Waals surface area contributed by atoms with E-state index in [0.717, 1.165) is 24.1 Å². The van der Waals surface area contributed by atoms with Gasteiger partial charge >= 0.3 is 13.2 Å². The number of amides is 1. The summed E-state index contributed by atoms with van der Waals surface area (Å²) in [7, 11) is -0.531. The normalized spacial score (nSPS) is 20.7. The van der Waals surface area contributed by atoms with Crippen LogP contribution in [0, 0.1) is 0 Å². The van der Waals surface area contributed by atoms with Crippen LogP contribution >= 0.6 is 0 Å². The van der Waals surface area contributed by atoms with Crippen LogP contribution in [0.5, 0.6) is 0 Å². The highest BCUT2D eigenvalue weighted by Gasteiger charge is 2.51. The second kappa shape index (κ2) is 8.94. The van der Waals surface area contributed by atoms with Crippen LogP contribution in [0.1, 0.15) is 54.0 Å². The van der Waals surface area contributed by atoms with Gasteiger partial charge in [-0.1, -0.05) is 17.2 Å². The van der Waals surface area contributed by atoms with Gasteiger partial charge in [0.1, 0.15) is 5.60 Å². The van der Waals surface area contributed by atoms with E-state index in [0.29, 0.717) is 25.3 Å². The minimum absolute atomic E-state index is 0.273. The molecule has 0 N–H and O–H groups in total. The zero-order chi connectivity index (χ0) is 23.7. The summed E-state index contributed by atoms with van der Waals surface area (Å²) < 4.78 is 17.8. The van der Waals surface area contributed by atoms with E-state index < -0.39 is 23.9 Å². The van der Waals surface area contributed by atoms with E-state index in [4.69, 9.17) is 19.6 Å². The Labute approximate surface area is 190 Å². The van der Waals surface area contributed by atoms with E-state index in [2.05, 4.69) is 14.9 Å². The second-order valence-electron chi connectivity index (χ2n) is 10.5. The van der Waals surface area contributed by atoms with Crippen LogP contribution in [0.25, 0.3) is 10.4 Å². The molecule has 0 atom stereocenters. The molecule has 1 amide bonds. The lowest BCUT2D eigenvalue weighted by molar-refractivity contribution is 0.00578. The Morgan fingerprint density at radius 3 is 2.25 bits per heavy atom. The van der Waals surface area contributed by atoms with Gasteiger partial charge in [-0.2, -0.15) is 0 Å². The summed E-state index contributed by atoms with van der Waals surface area (Å²) >= 11 is 0. The first kappa shape index (κ1) is 24.4. The van der Waals surface area contributed by atoms with Crippen LogP contribution in [0.15, 0.2) is 23.3 Å². The number of carbonyl (C=O) groups is 1. The third kappa shape index (κ3) is 5.75. The minimum atomic E-state index is -0.531. The molecule has 2 heterocycles. The van der Waals surface area contributed by atoms with E-state index in [-0.39, 0.29) is 6.09 Å².